The van der Waals surface area contributed by atoms with Gasteiger partial charge in [0.25, 0.3) is 0 Å². The maximum absolute atomic E-state index is 13.8. The van der Waals surface area contributed by atoms with E-state index in [1.54, 1.807) is 4.68 Å². The lowest BCUT2D eigenvalue weighted by Crippen LogP contribution is -2.28. The number of hydrogen-bond donors (Lipinski definition) is 1. The van der Waals surface area contributed by atoms with Gasteiger partial charge in [-0.05, 0) is 49.2 Å². The molecule has 1 aromatic heterocycles. The predicted molar refractivity (Wildman–Crippen MR) is 111 cm³/mol. The summed E-state index contributed by atoms with van der Waals surface area (Å²) in [5.74, 6) is -1.29. The van der Waals surface area contributed by atoms with Gasteiger partial charge in [0, 0.05) is 17.5 Å². The first-order valence-electron chi connectivity index (χ1n) is 9.79. The highest BCUT2D eigenvalue weighted by Crippen LogP contribution is 2.38. The summed E-state index contributed by atoms with van der Waals surface area (Å²) in [4.78, 5) is 25.7. The van der Waals surface area contributed by atoms with Crippen LogP contribution in [0.2, 0.25) is 0 Å². The van der Waals surface area contributed by atoms with E-state index in [4.69, 9.17) is 4.74 Å². The molecule has 0 unspecified atom stereocenters. The number of amides is 1. The van der Waals surface area contributed by atoms with E-state index in [1.165, 1.54) is 30.9 Å². The van der Waals surface area contributed by atoms with E-state index in [2.05, 4.69) is 17.3 Å². The van der Waals surface area contributed by atoms with Gasteiger partial charge in [0.1, 0.15) is 5.82 Å². The number of carbonyl (C=O) groups is 2. The zero-order chi connectivity index (χ0) is 21.4. The number of aryl methyl sites for hydroxylation is 2. The van der Waals surface area contributed by atoms with Crippen molar-refractivity contribution in [2.45, 2.75) is 32.6 Å². The molecule has 0 saturated carbocycles. The lowest BCUT2D eigenvalue weighted by atomic mass is 9.85. The Balaban J connectivity index is 1.78. The number of fused-ring (bicyclic) bond motifs is 1. The SMILES string of the molecule is CCc1ccc(-n2nc(C)c3c2NC(=O)C[C@H]3C(=O)c2ccc(F)c(OC)c2)cc1. The third-order valence-corrected chi connectivity index (χ3v) is 5.44. The Hall–Kier alpha value is -3.48. The summed E-state index contributed by atoms with van der Waals surface area (Å²) in [6.07, 6.45) is 0.928. The molecule has 0 spiro atoms. The second-order valence-corrected chi connectivity index (χ2v) is 7.30. The Bertz CT molecular complexity index is 1140. The molecular formula is C23H22FN3O3. The molecule has 1 N–H and O–H groups in total. The maximum atomic E-state index is 13.8. The van der Waals surface area contributed by atoms with Crippen molar-refractivity contribution in [3.05, 3.63) is 70.7 Å². The summed E-state index contributed by atoms with van der Waals surface area (Å²) < 4.78 is 20.4. The van der Waals surface area contributed by atoms with Gasteiger partial charge < -0.3 is 10.1 Å². The lowest BCUT2D eigenvalue weighted by Gasteiger charge is -2.23. The average Bonchev–Trinajstić information content (AvgIpc) is 3.09. The number of Topliss-reactive ketones (excluding diaryl/α,β-unsaturated/α-hetero) is 1. The molecule has 7 heteroatoms. The van der Waals surface area contributed by atoms with Crippen LogP contribution >= 0.6 is 0 Å². The number of anilines is 1. The molecule has 0 radical (unpaired) electrons. The summed E-state index contributed by atoms with van der Waals surface area (Å²) in [6.45, 7) is 3.90. The van der Waals surface area contributed by atoms with Gasteiger partial charge in [-0.25, -0.2) is 9.07 Å². The summed E-state index contributed by atoms with van der Waals surface area (Å²) in [5.41, 5.74) is 3.63. The molecule has 4 rings (SSSR count). The number of ether oxygens (including phenoxy) is 1. The number of nitrogens with one attached hydrogen (secondary N) is 1. The van der Waals surface area contributed by atoms with E-state index in [-0.39, 0.29) is 23.9 Å². The molecule has 0 fully saturated rings. The standard InChI is InChI=1S/C23H22FN3O3/c1-4-14-5-8-16(9-6-14)27-23-21(13(2)26-27)17(12-20(28)25-23)22(29)15-7-10-18(24)19(11-15)30-3/h5-11,17H,4,12H2,1-3H3,(H,25,28)/t17-/m1/s1. The van der Waals surface area contributed by atoms with Crippen molar-refractivity contribution in [3.63, 3.8) is 0 Å². The number of rotatable bonds is 5. The van der Waals surface area contributed by atoms with Crippen LogP contribution in [0.25, 0.3) is 5.69 Å². The molecule has 1 amide bonds. The number of ketones is 1. The minimum atomic E-state index is -0.701. The van der Waals surface area contributed by atoms with Crippen molar-refractivity contribution in [1.29, 1.82) is 0 Å². The molecule has 1 atom stereocenters. The second-order valence-electron chi connectivity index (χ2n) is 7.30. The zero-order valence-electron chi connectivity index (χ0n) is 17.0. The highest BCUT2D eigenvalue weighted by Gasteiger charge is 2.36. The van der Waals surface area contributed by atoms with Crippen LogP contribution in [-0.2, 0) is 11.2 Å². The fourth-order valence-corrected chi connectivity index (χ4v) is 3.85. The number of hydrogen-bond acceptors (Lipinski definition) is 4. The molecule has 154 valence electrons. The Kier molecular flexibility index (Phi) is 5.11. The molecular weight excluding hydrogens is 385 g/mol. The van der Waals surface area contributed by atoms with E-state index in [9.17, 15) is 14.0 Å². The van der Waals surface area contributed by atoms with Gasteiger partial charge >= 0.3 is 0 Å². The van der Waals surface area contributed by atoms with Crippen molar-refractivity contribution in [2.24, 2.45) is 0 Å². The number of aromatic nitrogens is 2. The number of nitrogens with zero attached hydrogens (tertiary/aromatic N) is 2. The van der Waals surface area contributed by atoms with E-state index in [0.717, 1.165) is 12.1 Å². The molecule has 6 nitrogen and oxygen atoms in total. The predicted octanol–water partition coefficient (Wildman–Crippen LogP) is 4.20. The van der Waals surface area contributed by atoms with Gasteiger partial charge in [-0.2, -0.15) is 5.10 Å². The minimum Gasteiger partial charge on any atom is -0.494 e. The number of carbonyl (C=O) groups excluding carboxylic acids is 2. The van der Waals surface area contributed by atoms with Crippen LogP contribution in [-0.4, -0.2) is 28.6 Å². The number of methoxy groups -OCH3 is 1. The first-order chi connectivity index (χ1) is 14.4. The Labute approximate surface area is 173 Å². The summed E-state index contributed by atoms with van der Waals surface area (Å²) in [6, 6.07) is 11.9. The van der Waals surface area contributed by atoms with Crippen LogP contribution in [0.15, 0.2) is 42.5 Å². The molecule has 0 aliphatic carbocycles. The van der Waals surface area contributed by atoms with Crippen molar-refractivity contribution in [1.82, 2.24) is 9.78 Å². The van der Waals surface area contributed by atoms with E-state index in [0.29, 0.717) is 22.6 Å². The van der Waals surface area contributed by atoms with Crippen LogP contribution in [0, 0.1) is 12.7 Å². The highest BCUT2D eigenvalue weighted by atomic mass is 19.1. The van der Waals surface area contributed by atoms with Crippen LogP contribution in [0.1, 0.15) is 46.4 Å². The largest absolute Gasteiger partial charge is 0.494 e. The number of halogens is 1. The summed E-state index contributed by atoms with van der Waals surface area (Å²) >= 11 is 0. The first kappa shape index (κ1) is 19.8. The maximum Gasteiger partial charge on any atom is 0.226 e. The van der Waals surface area contributed by atoms with Crippen molar-refractivity contribution >= 4 is 17.5 Å². The van der Waals surface area contributed by atoms with Crippen LogP contribution in [0.4, 0.5) is 10.2 Å². The third kappa shape index (κ3) is 3.36. The smallest absolute Gasteiger partial charge is 0.226 e. The van der Waals surface area contributed by atoms with Crippen molar-refractivity contribution in [2.75, 3.05) is 12.4 Å². The monoisotopic (exact) mass is 407 g/mol. The van der Waals surface area contributed by atoms with E-state index in [1.807, 2.05) is 31.2 Å². The fourth-order valence-electron chi connectivity index (χ4n) is 3.85. The first-order valence-corrected chi connectivity index (χ1v) is 9.79. The van der Waals surface area contributed by atoms with Gasteiger partial charge in [-0.15, -0.1) is 0 Å². The average molecular weight is 407 g/mol. The molecule has 1 aliphatic heterocycles. The van der Waals surface area contributed by atoms with Crippen LogP contribution in [0.5, 0.6) is 5.75 Å². The van der Waals surface area contributed by atoms with Gasteiger partial charge in [0.2, 0.25) is 5.91 Å². The van der Waals surface area contributed by atoms with Gasteiger partial charge in [0.15, 0.2) is 17.3 Å². The van der Waals surface area contributed by atoms with Crippen LogP contribution < -0.4 is 10.1 Å². The lowest BCUT2D eigenvalue weighted by molar-refractivity contribution is -0.116. The quantitative estimate of drug-likeness (QED) is 0.644. The topological polar surface area (TPSA) is 73.2 Å². The normalized spacial score (nSPS) is 15.5. The molecule has 0 bridgehead atoms. The molecule has 1 aliphatic rings. The van der Waals surface area contributed by atoms with Crippen molar-refractivity contribution < 1.29 is 18.7 Å². The van der Waals surface area contributed by atoms with E-state index >= 15 is 0 Å². The minimum absolute atomic E-state index is 0.00678. The molecule has 0 saturated heterocycles. The Morgan fingerprint density at radius 1 is 1.27 bits per heavy atom. The summed E-state index contributed by atoms with van der Waals surface area (Å²) in [5, 5.41) is 7.46. The highest BCUT2D eigenvalue weighted by molar-refractivity contribution is 6.08. The Morgan fingerprint density at radius 2 is 2.00 bits per heavy atom. The fraction of sp³-hybridized carbons (Fsp3) is 0.261. The molecule has 2 aromatic carbocycles. The molecule has 30 heavy (non-hydrogen) atoms. The molecule has 2 heterocycles. The molecule has 3 aromatic rings. The van der Waals surface area contributed by atoms with Crippen molar-refractivity contribution in [3.8, 4) is 11.4 Å². The zero-order valence-corrected chi connectivity index (χ0v) is 17.0. The third-order valence-electron chi connectivity index (χ3n) is 5.44. The number of benzene rings is 2. The Morgan fingerprint density at radius 3 is 2.67 bits per heavy atom. The van der Waals surface area contributed by atoms with Gasteiger partial charge in [-0.3, -0.25) is 9.59 Å². The van der Waals surface area contributed by atoms with Gasteiger partial charge in [0.05, 0.1) is 24.4 Å². The van der Waals surface area contributed by atoms with Crippen LogP contribution in [0.3, 0.4) is 0 Å². The van der Waals surface area contributed by atoms with E-state index < -0.39 is 11.7 Å². The second kappa shape index (κ2) is 7.74. The summed E-state index contributed by atoms with van der Waals surface area (Å²) in [7, 11) is 1.34. The van der Waals surface area contributed by atoms with Gasteiger partial charge in [-0.1, -0.05) is 19.1 Å².